The van der Waals surface area contributed by atoms with Crippen molar-refractivity contribution < 1.29 is 9.50 Å². The fourth-order valence-electron chi connectivity index (χ4n) is 0.683. The summed E-state index contributed by atoms with van der Waals surface area (Å²) in [5.74, 6) is -0.339. The minimum atomic E-state index is -0.339. The summed E-state index contributed by atoms with van der Waals surface area (Å²) in [4.78, 5) is 0. The molecule has 1 aromatic carbocycles. The van der Waals surface area contributed by atoms with Crippen molar-refractivity contribution in [3.05, 3.63) is 33.1 Å². The molecule has 0 aromatic heterocycles. The molecule has 0 aliphatic heterocycles. The highest BCUT2D eigenvalue weighted by molar-refractivity contribution is 14.1. The van der Waals surface area contributed by atoms with Gasteiger partial charge in [0, 0.05) is 9.13 Å². The van der Waals surface area contributed by atoms with Gasteiger partial charge in [-0.2, -0.15) is 0 Å². The van der Waals surface area contributed by atoms with Crippen LogP contribution in [-0.2, 0) is 6.61 Å². The Labute approximate surface area is 72.0 Å². The lowest BCUT2D eigenvalue weighted by molar-refractivity contribution is 0.274. The van der Waals surface area contributed by atoms with Gasteiger partial charge < -0.3 is 5.11 Å². The number of halogens is 2. The van der Waals surface area contributed by atoms with Gasteiger partial charge >= 0.3 is 0 Å². The Morgan fingerprint density at radius 3 is 2.60 bits per heavy atom. The molecular weight excluding hydrogens is 246 g/mol. The second kappa shape index (κ2) is 3.30. The molecule has 0 aliphatic rings. The maximum absolute atomic E-state index is 12.7. The average molecular weight is 252 g/mol. The lowest BCUT2D eigenvalue weighted by Gasteiger charge is -1.99. The van der Waals surface area contributed by atoms with Crippen molar-refractivity contribution in [2.24, 2.45) is 0 Å². The van der Waals surface area contributed by atoms with Gasteiger partial charge in [-0.1, -0.05) is 6.07 Å². The lowest BCUT2D eigenvalue weighted by atomic mass is 10.2. The number of hydrogen-bond donors (Lipinski definition) is 1. The standard InChI is InChI=1S/C7H6FIO/c8-6-2-1-3-7(9)5(6)4-10/h1-3,10H,4H2. The van der Waals surface area contributed by atoms with Gasteiger partial charge in [0.05, 0.1) is 6.61 Å². The zero-order valence-corrected chi connectivity index (χ0v) is 7.30. The summed E-state index contributed by atoms with van der Waals surface area (Å²) in [5, 5.41) is 8.65. The highest BCUT2D eigenvalue weighted by Gasteiger charge is 2.02. The number of rotatable bonds is 1. The third-order valence-electron chi connectivity index (χ3n) is 1.22. The van der Waals surface area contributed by atoms with E-state index in [-0.39, 0.29) is 12.4 Å². The largest absolute Gasteiger partial charge is 0.392 e. The van der Waals surface area contributed by atoms with Crippen molar-refractivity contribution in [2.75, 3.05) is 0 Å². The number of aliphatic hydroxyl groups is 1. The summed E-state index contributed by atoms with van der Waals surface area (Å²) in [6.07, 6.45) is 0. The van der Waals surface area contributed by atoms with Crippen LogP contribution in [0.1, 0.15) is 5.56 Å². The number of benzene rings is 1. The van der Waals surface area contributed by atoms with Crippen molar-refractivity contribution in [1.82, 2.24) is 0 Å². The van der Waals surface area contributed by atoms with Crippen LogP contribution in [0.5, 0.6) is 0 Å². The van der Waals surface area contributed by atoms with Crippen molar-refractivity contribution in [3.8, 4) is 0 Å². The third-order valence-corrected chi connectivity index (χ3v) is 2.23. The molecule has 1 N–H and O–H groups in total. The third kappa shape index (κ3) is 1.46. The Morgan fingerprint density at radius 2 is 2.20 bits per heavy atom. The topological polar surface area (TPSA) is 20.2 Å². The summed E-state index contributed by atoms with van der Waals surface area (Å²) in [5.41, 5.74) is 0.378. The normalized spacial score (nSPS) is 9.90. The van der Waals surface area contributed by atoms with Crippen molar-refractivity contribution >= 4 is 22.6 Å². The SMILES string of the molecule is OCc1c(F)cccc1I. The van der Waals surface area contributed by atoms with E-state index in [2.05, 4.69) is 0 Å². The first-order valence-electron chi connectivity index (χ1n) is 2.79. The predicted octanol–water partition coefficient (Wildman–Crippen LogP) is 1.92. The monoisotopic (exact) mass is 252 g/mol. The van der Waals surface area contributed by atoms with E-state index in [9.17, 15) is 4.39 Å². The minimum absolute atomic E-state index is 0.231. The van der Waals surface area contributed by atoms with E-state index in [4.69, 9.17) is 5.11 Å². The van der Waals surface area contributed by atoms with Gasteiger partial charge in [0.1, 0.15) is 5.82 Å². The van der Waals surface area contributed by atoms with Gasteiger partial charge in [0.2, 0.25) is 0 Å². The molecule has 0 unspecified atom stereocenters. The van der Waals surface area contributed by atoms with Gasteiger partial charge in [-0.15, -0.1) is 0 Å². The molecule has 0 radical (unpaired) electrons. The van der Waals surface area contributed by atoms with Gasteiger partial charge in [-0.3, -0.25) is 0 Å². The van der Waals surface area contributed by atoms with Crippen LogP contribution in [0.15, 0.2) is 18.2 Å². The van der Waals surface area contributed by atoms with Gasteiger partial charge in [-0.05, 0) is 34.7 Å². The van der Waals surface area contributed by atoms with Crippen molar-refractivity contribution in [1.29, 1.82) is 0 Å². The Hall–Kier alpha value is -0.160. The molecule has 0 heterocycles. The smallest absolute Gasteiger partial charge is 0.129 e. The zero-order chi connectivity index (χ0) is 7.56. The minimum Gasteiger partial charge on any atom is -0.392 e. The van der Waals surface area contributed by atoms with E-state index in [0.717, 1.165) is 3.57 Å². The molecular formula is C7H6FIO. The maximum Gasteiger partial charge on any atom is 0.129 e. The number of hydrogen-bond acceptors (Lipinski definition) is 1. The van der Waals surface area contributed by atoms with E-state index in [1.807, 2.05) is 22.6 Å². The first-order chi connectivity index (χ1) is 4.75. The second-order valence-corrected chi connectivity index (χ2v) is 3.02. The summed E-state index contributed by atoms with van der Waals surface area (Å²) in [6.45, 7) is -0.231. The fraction of sp³-hybridized carbons (Fsp3) is 0.143. The fourth-order valence-corrected chi connectivity index (χ4v) is 1.32. The molecule has 10 heavy (non-hydrogen) atoms. The molecule has 0 atom stereocenters. The molecule has 0 saturated carbocycles. The van der Waals surface area contributed by atoms with Crippen LogP contribution >= 0.6 is 22.6 Å². The highest BCUT2D eigenvalue weighted by Crippen LogP contribution is 2.14. The zero-order valence-electron chi connectivity index (χ0n) is 5.14. The van der Waals surface area contributed by atoms with Crippen LogP contribution in [-0.4, -0.2) is 5.11 Å². The first-order valence-corrected chi connectivity index (χ1v) is 3.87. The molecule has 0 bridgehead atoms. The quantitative estimate of drug-likeness (QED) is 0.757. The summed E-state index contributed by atoms with van der Waals surface area (Å²) >= 11 is 1.99. The Bertz CT molecular complexity index is 217. The Balaban J connectivity index is 3.17. The average Bonchev–Trinajstić information content (AvgIpc) is 1.88. The predicted molar refractivity (Wildman–Crippen MR) is 45.0 cm³/mol. The van der Waals surface area contributed by atoms with Crippen LogP contribution in [0.4, 0.5) is 4.39 Å². The Kier molecular flexibility index (Phi) is 2.62. The molecule has 1 rings (SSSR count). The first kappa shape index (κ1) is 7.94. The summed E-state index contributed by atoms with van der Waals surface area (Å²) < 4.78 is 13.4. The van der Waals surface area contributed by atoms with Crippen molar-refractivity contribution in [2.45, 2.75) is 6.61 Å². The molecule has 0 saturated heterocycles. The molecule has 0 fully saturated rings. The lowest BCUT2D eigenvalue weighted by Crippen LogP contribution is -1.92. The van der Waals surface area contributed by atoms with Gasteiger partial charge in [0.15, 0.2) is 0 Å². The van der Waals surface area contributed by atoms with Crippen LogP contribution in [0, 0.1) is 9.39 Å². The molecule has 0 spiro atoms. The molecule has 1 aromatic rings. The Morgan fingerprint density at radius 1 is 1.50 bits per heavy atom. The summed E-state index contributed by atoms with van der Waals surface area (Å²) in [6, 6.07) is 4.72. The highest BCUT2D eigenvalue weighted by atomic mass is 127. The maximum atomic E-state index is 12.7. The number of aliphatic hydroxyl groups excluding tert-OH is 1. The van der Waals surface area contributed by atoms with Crippen LogP contribution in [0.2, 0.25) is 0 Å². The van der Waals surface area contributed by atoms with Crippen LogP contribution in [0.3, 0.4) is 0 Å². The van der Waals surface area contributed by atoms with E-state index >= 15 is 0 Å². The molecule has 0 aliphatic carbocycles. The van der Waals surface area contributed by atoms with E-state index in [0.29, 0.717) is 5.56 Å². The molecule has 3 heteroatoms. The summed E-state index contributed by atoms with van der Waals surface area (Å²) in [7, 11) is 0. The van der Waals surface area contributed by atoms with Crippen LogP contribution in [0.25, 0.3) is 0 Å². The van der Waals surface area contributed by atoms with E-state index in [1.165, 1.54) is 6.07 Å². The van der Waals surface area contributed by atoms with Gasteiger partial charge in [-0.25, -0.2) is 4.39 Å². The van der Waals surface area contributed by atoms with E-state index in [1.54, 1.807) is 12.1 Å². The molecule has 0 amide bonds. The van der Waals surface area contributed by atoms with Crippen molar-refractivity contribution in [3.63, 3.8) is 0 Å². The van der Waals surface area contributed by atoms with E-state index < -0.39 is 0 Å². The second-order valence-electron chi connectivity index (χ2n) is 1.86. The van der Waals surface area contributed by atoms with Gasteiger partial charge in [0.25, 0.3) is 0 Å². The molecule has 54 valence electrons. The van der Waals surface area contributed by atoms with Crippen LogP contribution < -0.4 is 0 Å². The molecule has 1 nitrogen and oxygen atoms in total.